The lowest BCUT2D eigenvalue weighted by Crippen LogP contribution is -1.98. The van der Waals surface area contributed by atoms with Gasteiger partial charge in [-0.25, -0.2) is 0 Å². The van der Waals surface area contributed by atoms with Crippen molar-refractivity contribution in [2.24, 2.45) is 0 Å². The number of aromatic amines is 1. The summed E-state index contributed by atoms with van der Waals surface area (Å²) in [5.41, 5.74) is 2.93. The molecule has 0 unspecified atom stereocenters. The molecule has 1 aromatic carbocycles. The summed E-state index contributed by atoms with van der Waals surface area (Å²) < 4.78 is 10.9. The van der Waals surface area contributed by atoms with Crippen molar-refractivity contribution in [1.29, 1.82) is 0 Å². The molecule has 19 heavy (non-hydrogen) atoms. The molecule has 0 aliphatic carbocycles. The van der Waals surface area contributed by atoms with Crippen molar-refractivity contribution < 1.29 is 9.26 Å². The molecular formula is C14H15N3O2. The Labute approximate surface area is 110 Å². The maximum absolute atomic E-state index is 5.83. The van der Waals surface area contributed by atoms with Gasteiger partial charge in [-0.05, 0) is 25.0 Å². The molecule has 0 saturated carbocycles. The average Bonchev–Trinajstić information content (AvgIpc) is 3.03. The number of benzene rings is 1. The number of H-pyrrole nitrogens is 1. The highest BCUT2D eigenvalue weighted by Gasteiger charge is 2.08. The number of aromatic nitrogens is 3. The predicted octanol–water partition coefficient (Wildman–Crippen LogP) is 3.00. The first-order valence-corrected chi connectivity index (χ1v) is 6.27. The topological polar surface area (TPSA) is 63.9 Å². The van der Waals surface area contributed by atoms with Gasteiger partial charge >= 0.3 is 0 Å². The van der Waals surface area contributed by atoms with E-state index in [0.717, 1.165) is 40.1 Å². The van der Waals surface area contributed by atoms with Gasteiger partial charge in [-0.3, -0.25) is 5.10 Å². The number of ether oxygens (including phenoxy) is 1. The van der Waals surface area contributed by atoms with Gasteiger partial charge in [0.2, 0.25) is 0 Å². The maximum atomic E-state index is 5.83. The third kappa shape index (κ3) is 2.31. The number of rotatable bonds is 4. The van der Waals surface area contributed by atoms with Crippen LogP contribution in [0.25, 0.3) is 10.9 Å². The molecule has 5 heteroatoms. The molecule has 0 saturated heterocycles. The summed E-state index contributed by atoms with van der Waals surface area (Å²) >= 11 is 0. The number of hydrogen-bond acceptors (Lipinski definition) is 4. The molecule has 5 nitrogen and oxygen atoms in total. The quantitative estimate of drug-likeness (QED) is 0.780. The third-order valence-electron chi connectivity index (χ3n) is 3.05. The van der Waals surface area contributed by atoms with Crippen LogP contribution in [0.15, 0.2) is 28.9 Å². The lowest BCUT2D eigenvalue weighted by Gasteiger charge is -2.09. The van der Waals surface area contributed by atoms with E-state index in [2.05, 4.69) is 28.3 Å². The van der Waals surface area contributed by atoms with Gasteiger partial charge in [0.1, 0.15) is 23.8 Å². The second-order valence-corrected chi connectivity index (χ2v) is 4.49. The second kappa shape index (κ2) is 4.76. The van der Waals surface area contributed by atoms with E-state index in [9.17, 15) is 0 Å². The van der Waals surface area contributed by atoms with Gasteiger partial charge in [0.15, 0.2) is 0 Å². The predicted molar refractivity (Wildman–Crippen MR) is 71.0 cm³/mol. The third-order valence-corrected chi connectivity index (χ3v) is 3.05. The van der Waals surface area contributed by atoms with Gasteiger partial charge in [-0.2, -0.15) is 5.10 Å². The molecule has 3 rings (SSSR count). The first-order chi connectivity index (χ1) is 9.26. The van der Waals surface area contributed by atoms with Gasteiger partial charge in [0.25, 0.3) is 0 Å². The second-order valence-electron chi connectivity index (χ2n) is 4.49. The Morgan fingerprint density at radius 3 is 2.95 bits per heavy atom. The summed E-state index contributed by atoms with van der Waals surface area (Å²) in [4.78, 5) is 0. The summed E-state index contributed by atoms with van der Waals surface area (Å²) in [7, 11) is 0. The Hall–Kier alpha value is -2.30. The van der Waals surface area contributed by atoms with E-state index in [4.69, 9.17) is 9.26 Å². The number of nitrogens with zero attached hydrogens (tertiary/aromatic N) is 2. The van der Waals surface area contributed by atoms with Crippen LogP contribution >= 0.6 is 0 Å². The Balaban J connectivity index is 1.86. The molecule has 2 heterocycles. The smallest absolute Gasteiger partial charge is 0.134 e. The summed E-state index contributed by atoms with van der Waals surface area (Å²) in [6.07, 6.45) is 2.73. The Morgan fingerprint density at radius 1 is 1.32 bits per heavy atom. The highest BCUT2D eigenvalue weighted by atomic mass is 16.5. The van der Waals surface area contributed by atoms with Crippen LogP contribution in [0, 0.1) is 6.92 Å². The van der Waals surface area contributed by atoms with Crippen molar-refractivity contribution >= 4 is 10.9 Å². The molecule has 98 valence electrons. The van der Waals surface area contributed by atoms with Gasteiger partial charge in [-0.1, -0.05) is 12.1 Å². The Kier molecular flexibility index (Phi) is 2.95. The van der Waals surface area contributed by atoms with Gasteiger partial charge in [0.05, 0.1) is 11.7 Å². The minimum atomic E-state index is 0.407. The molecule has 0 atom stereocenters. The zero-order valence-corrected chi connectivity index (χ0v) is 10.9. The largest absolute Gasteiger partial charge is 0.487 e. The van der Waals surface area contributed by atoms with Crippen molar-refractivity contribution in [3.8, 4) is 5.75 Å². The van der Waals surface area contributed by atoms with Crippen LogP contribution in [0.1, 0.15) is 23.9 Å². The number of aryl methyl sites for hydroxylation is 2. The highest BCUT2D eigenvalue weighted by molar-refractivity contribution is 5.80. The molecule has 2 aromatic heterocycles. The van der Waals surface area contributed by atoms with Crippen LogP contribution in [-0.4, -0.2) is 15.4 Å². The number of fused-ring (bicyclic) bond motifs is 1. The fourth-order valence-corrected chi connectivity index (χ4v) is 2.07. The van der Waals surface area contributed by atoms with Crippen LogP contribution in [0.5, 0.6) is 5.75 Å². The standard InChI is InChI=1S/C14H15N3O2/c1-3-10-5-11-7-15-16-13(11)6-14(10)18-8-12-4-9(2)19-17-12/h4-7H,3,8H2,1-2H3,(H,15,16). The average molecular weight is 257 g/mol. The normalized spacial score (nSPS) is 11.1. The molecule has 1 N–H and O–H groups in total. The summed E-state index contributed by atoms with van der Waals surface area (Å²) in [6.45, 7) is 4.38. The molecule has 0 spiro atoms. The van der Waals surface area contributed by atoms with E-state index >= 15 is 0 Å². The van der Waals surface area contributed by atoms with Crippen molar-refractivity contribution in [2.45, 2.75) is 26.9 Å². The highest BCUT2D eigenvalue weighted by Crippen LogP contribution is 2.26. The molecule has 0 radical (unpaired) electrons. The molecular weight excluding hydrogens is 242 g/mol. The zero-order valence-electron chi connectivity index (χ0n) is 10.9. The van der Waals surface area contributed by atoms with Crippen LogP contribution in [-0.2, 0) is 13.0 Å². The van der Waals surface area contributed by atoms with Crippen molar-refractivity contribution in [2.75, 3.05) is 0 Å². The van der Waals surface area contributed by atoms with Crippen LogP contribution in [0.3, 0.4) is 0 Å². The van der Waals surface area contributed by atoms with E-state index in [1.54, 1.807) is 0 Å². The fourth-order valence-electron chi connectivity index (χ4n) is 2.07. The van der Waals surface area contributed by atoms with Crippen molar-refractivity contribution in [3.05, 3.63) is 41.4 Å². The SMILES string of the molecule is CCc1cc2cn[nH]c2cc1OCc1cc(C)on1. The minimum Gasteiger partial charge on any atom is -0.487 e. The van der Waals surface area contributed by atoms with Crippen molar-refractivity contribution in [1.82, 2.24) is 15.4 Å². The molecule has 0 aliphatic heterocycles. The summed E-state index contributed by atoms with van der Waals surface area (Å²) in [6, 6.07) is 5.96. The monoisotopic (exact) mass is 257 g/mol. The zero-order chi connectivity index (χ0) is 13.2. The number of nitrogens with one attached hydrogen (secondary N) is 1. The lowest BCUT2D eigenvalue weighted by atomic mass is 10.1. The van der Waals surface area contributed by atoms with E-state index in [1.807, 2.05) is 25.3 Å². The summed E-state index contributed by atoms with van der Waals surface area (Å²) in [5, 5.41) is 12.0. The Bertz CT molecular complexity index is 700. The van der Waals surface area contributed by atoms with Crippen LogP contribution in [0.2, 0.25) is 0 Å². The van der Waals surface area contributed by atoms with E-state index in [0.29, 0.717) is 6.61 Å². The first-order valence-electron chi connectivity index (χ1n) is 6.27. The van der Waals surface area contributed by atoms with Crippen LogP contribution in [0.4, 0.5) is 0 Å². The lowest BCUT2D eigenvalue weighted by molar-refractivity contribution is 0.285. The maximum Gasteiger partial charge on any atom is 0.134 e. The molecule has 3 aromatic rings. The number of hydrogen-bond donors (Lipinski definition) is 1. The van der Waals surface area contributed by atoms with E-state index < -0.39 is 0 Å². The summed E-state index contributed by atoms with van der Waals surface area (Å²) in [5.74, 6) is 1.65. The fraction of sp³-hybridized carbons (Fsp3) is 0.286. The molecule has 0 aliphatic rings. The van der Waals surface area contributed by atoms with Gasteiger partial charge in [0, 0.05) is 17.5 Å². The Morgan fingerprint density at radius 2 is 2.21 bits per heavy atom. The van der Waals surface area contributed by atoms with Gasteiger partial charge < -0.3 is 9.26 Å². The molecule has 0 amide bonds. The van der Waals surface area contributed by atoms with E-state index in [1.165, 1.54) is 0 Å². The van der Waals surface area contributed by atoms with Crippen molar-refractivity contribution in [3.63, 3.8) is 0 Å². The molecule has 0 fully saturated rings. The van der Waals surface area contributed by atoms with E-state index in [-0.39, 0.29) is 0 Å². The molecule has 0 bridgehead atoms. The van der Waals surface area contributed by atoms with Crippen LogP contribution < -0.4 is 4.74 Å². The van der Waals surface area contributed by atoms with Gasteiger partial charge in [-0.15, -0.1) is 0 Å². The minimum absolute atomic E-state index is 0.407. The first kappa shape index (κ1) is 11.8.